The average molecular weight is 346 g/mol. The summed E-state index contributed by atoms with van der Waals surface area (Å²) in [6, 6.07) is 0. The number of aliphatic hydroxyl groups excluding tert-OH is 1. The Kier molecular flexibility index (Phi) is 4.69. The number of aliphatic hydroxyl groups is 1. The molecule has 0 saturated heterocycles. The van der Waals surface area contributed by atoms with Crippen molar-refractivity contribution in [1.82, 2.24) is 0 Å². The maximum Gasteiger partial charge on any atom is 0.235 e. The standard InChI is InChI=1S/C10H14BrF2NO3S/c1-2-10(3-4-15)8(11)7(18(14,16)17)5-6(12)9(10)13/h5,8,15H,2-4H2,1H3,(H2,14,16,17). The van der Waals surface area contributed by atoms with Crippen LogP contribution in [0.15, 0.2) is 22.6 Å². The lowest BCUT2D eigenvalue weighted by molar-refractivity contribution is 0.179. The molecular weight excluding hydrogens is 332 g/mol. The lowest BCUT2D eigenvalue weighted by atomic mass is 9.75. The van der Waals surface area contributed by atoms with Crippen molar-refractivity contribution in [2.45, 2.75) is 24.6 Å². The fourth-order valence-corrected chi connectivity index (χ4v) is 4.51. The zero-order chi connectivity index (χ0) is 14.1. The van der Waals surface area contributed by atoms with Gasteiger partial charge in [0.1, 0.15) is 5.83 Å². The summed E-state index contributed by atoms with van der Waals surface area (Å²) in [5.41, 5.74) is -1.44. The van der Waals surface area contributed by atoms with E-state index in [1.807, 2.05) is 0 Å². The molecule has 0 aliphatic heterocycles. The van der Waals surface area contributed by atoms with E-state index in [9.17, 15) is 17.2 Å². The molecule has 2 atom stereocenters. The minimum Gasteiger partial charge on any atom is -0.396 e. The van der Waals surface area contributed by atoms with E-state index in [4.69, 9.17) is 10.2 Å². The van der Waals surface area contributed by atoms with Gasteiger partial charge in [0.05, 0.1) is 9.73 Å². The highest BCUT2D eigenvalue weighted by atomic mass is 79.9. The highest BCUT2D eigenvalue weighted by Crippen LogP contribution is 2.51. The molecule has 4 nitrogen and oxygen atoms in total. The Morgan fingerprint density at radius 3 is 2.50 bits per heavy atom. The van der Waals surface area contributed by atoms with E-state index in [1.54, 1.807) is 6.92 Å². The Morgan fingerprint density at radius 1 is 1.56 bits per heavy atom. The van der Waals surface area contributed by atoms with Crippen LogP contribution in [0.2, 0.25) is 0 Å². The van der Waals surface area contributed by atoms with Gasteiger partial charge in [0.15, 0.2) is 5.83 Å². The summed E-state index contributed by atoms with van der Waals surface area (Å²) < 4.78 is 50.2. The maximum absolute atomic E-state index is 14.0. The Bertz CT molecular complexity index is 503. The number of hydrogen-bond donors (Lipinski definition) is 2. The summed E-state index contributed by atoms with van der Waals surface area (Å²) in [5, 5.41) is 14.0. The van der Waals surface area contributed by atoms with Gasteiger partial charge in [0.25, 0.3) is 0 Å². The molecule has 104 valence electrons. The lowest BCUT2D eigenvalue weighted by Gasteiger charge is -2.38. The fourth-order valence-electron chi connectivity index (χ4n) is 2.06. The van der Waals surface area contributed by atoms with Gasteiger partial charge in [-0.1, -0.05) is 22.9 Å². The summed E-state index contributed by atoms with van der Waals surface area (Å²) in [7, 11) is -4.14. The highest BCUT2D eigenvalue weighted by Gasteiger charge is 2.48. The molecule has 0 fully saturated rings. The third kappa shape index (κ3) is 2.52. The Labute approximate surface area is 113 Å². The van der Waals surface area contributed by atoms with Crippen molar-refractivity contribution < 1.29 is 22.3 Å². The van der Waals surface area contributed by atoms with Crippen molar-refractivity contribution >= 4 is 26.0 Å². The zero-order valence-corrected chi connectivity index (χ0v) is 12.1. The quantitative estimate of drug-likeness (QED) is 0.763. The molecule has 0 aromatic carbocycles. The normalized spacial score (nSPS) is 29.4. The molecule has 2 unspecified atom stereocenters. The SMILES string of the molecule is CCC1(CCO)C(F)=C(F)C=C(S(N)(=O)=O)C1Br. The van der Waals surface area contributed by atoms with Crippen LogP contribution in [0.3, 0.4) is 0 Å². The number of sulfonamides is 1. The Morgan fingerprint density at radius 2 is 2.11 bits per heavy atom. The third-order valence-electron chi connectivity index (χ3n) is 3.17. The molecule has 1 rings (SSSR count). The van der Waals surface area contributed by atoms with E-state index in [0.717, 1.165) is 0 Å². The summed E-state index contributed by atoms with van der Waals surface area (Å²) in [6.07, 6.45) is 0.594. The highest BCUT2D eigenvalue weighted by molar-refractivity contribution is 9.09. The number of primary sulfonamides is 1. The molecule has 0 heterocycles. The molecule has 8 heteroatoms. The average Bonchev–Trinajstić information content (AvgIpc) is 2.28. The second-order valence-corrected chi connectivity index (χ2v) is 6.58. The number of halogens is 3. The van der Waals surface area contributed by atoms with Crippen molar-refractivity contribution in [3.8, 4) is 0 Å². The van der Waals surface area contributed by atoms with Gasteiger partial charge in [-0.05, 0) is 18.9 Å². The third-order valence-corrected chi connectivity index (χ3v) is 5.85. The zero-order valence-electron chi connectivity index (χ0n) is 9.66. The number of allylic oxidation sites excluding steroid dienone is 4. The van der Waals surface area contributed by atoms with E-state index >= 15 is 0 Å². The molecule has 1 aliphatic carbocycles. The predicted molar refractivity (Wildman–Crippen MR) is 67.6 cm³/mol. The first-order valence-electron chi connectivity index (χ1n) is 5.25. The van der Waals surface area contributed by atoms with Gasteiger partial charge in [-0.15, -0.1) is 0 Å². The molecule has 0 spiro atoms. The smallest absolute Gasteiger partial charge is 0.235 e. The van der Waals surface area contributed by atoms with Gasteiger partial charge in [-0.2, -0.15) is 0 Å². The van der Waals surface area contributed by atoms with Crippen LogP contribution in [0.5, 0.6) is 0 Å². The molecule has 0 bridgehead atoms. The van der Waals surface area contributed by atoms with E-state index in [2.05, 4.69) is 15.9 Å². The molecule has 0 radical (unpaired) electrons. The first-order chi connectivity index (χ1) is 8.20. The summed E-state index contributed by atoms with van der Waals surface area (Å²) in [5.74, 6) is -2.32. The van der Waals surface area contributed by atoms with Crippen LogP contribution in [0.4, 0.5) is 8.78 Å². The van der Waals surface area contributed by atoms with Crippen molar-refractivity contribution in [3.05, 3.63) is 22.6 Å². The number of alkyl halides is 1. The van der Waals surface area contributed by atoms with Crippen LogP contribution in [-0.2, 0) is 10.0 Å². The summed E-state index contributed by atoms with van der Waals surface area (Å²) in [6.45, 7) is 1.19. The topological polar surface area (TPSA) is 80.4 Å². The molecule has 0 aromatic rings. The van der Waals surface area contributed by atoms with Gasteiger partial charge in [0, 0.05) is 12.0 Å². The van der Waals surface area contributed by atoms with Crippen molar-refractivity contribution in [3.63, 3.8) is 0 Å². The maximum atomic E-state index is 14.0. The van der Waals surface area contributed by atoms with Gasteiger partial charge in [0.2, 0.25) is 10.0 Å². The first-order valence-corrected chi connectivity index (χ1v) is 7.72. The van der Waals surface area contributed by atoms with Crippen LogP contribution in [0, 0.1) is 5.41 Å². The summed E-state index contributed by atoms with van der Waals surface area (Å²) >= 11 is 3.06. The van der Waals surface area contributed by atoms with Gasteiger partial charge >= 0.3 is 0 Å². The molecule has 0 amide bonds. The second kappa shape index (κ2) is 5.36. The van der Waals surface area contributed by atoms with Crippen LogP contribution in [-0.4, -0.2) is 25.0 Å². The molecule has 3 N–H and O–H groups in total. The molecule has 1 aliphatic rings. The first kappa shape index (κ1) is 15.7. The van der Waals surface area contributed by atoms with E-state index in [-0.39, 0.29) is 12.8 Å². The van der Waals surface area contributed by atoms with Crippen molar-refractivity contribution in [2.24, 2.45) is 10.6 Å². The fraction of sp³-hybridized carbons (Fsp3) is 0.600. The lowest BCUT2D eigenvalue weighted by Crippen LogP contribution is -2.40. The van der Waals surface area contributed by atoms with Gasteiger partial charge in [-0.3, -0.25) is 0 Å². The predicted octanol–water partition coefficient (Wildman–Crippen LogP) is 1.87. The van der Waals surface area contributed by atoms with E-state index < -0.39 is 43.4 Å². The van der Waals surface area contributed by atoms with Crippen LogP contribution < -0.4 is 5.14 Å². The molecule has 0 aromatic heterocycles. The monoisotopic (exact) mass is 345 g/mol. The van der Waals surface area contributed by atoms with Crippen molar-refractivity contribution in [2.75, 3.05) is 6.61 Å². The minimum absolute atomic E-state index is 0.106. The number of hydrogen-bond acceptors (Lipinski definition) is 3. The number of rotatable bonds is 4. The largest absolute Gasteiger partial charge is 0.396 e. The van der Waals surface area contributed by atoms with Crippen LogP contribution >= 0.6 is 15.9 Å². The van der Waals surface area contributed by atoms with E-state index in [0.29, 0.717) is 6.08 Å². The van der Waals surface area contributed by atoms with Gasteiger partial charge in [-0.25, -0.2) is 22.3 Å². The van der Waals surface area contributed by atoms with Crippen LogP contribution in [0.1, 0.15) is 19.8 Å². The number of nitrogens with two attached hydrogens (primary N) is 1. The summed E-state index contributed by atoms with van der Waals surface area (Å²) in [4.78, 5) is -1.42. The Balaban J connectivity index is 3.46. The Hall–Kier alpha value is -0.310. The van der Waals surface area contributed by atoms with Crippen LogP contribution in [0.25, 0.3) is 0 Å². The van der Waals surface area contributed by atoms with E-state index in [1.165, 1.54) is 0 Å². The van der Waals surface area contributed by atoms with Gasteiger partial charge < -0.3 is 5.11 Å². The minimum atomic E-state index is -4.14. The molecular formula is C10H14BrF2NO3S. The second-order valence-electron chi connectivity index (χ2n) is 4.10. The molecule has 18 heavy (non-hydrogen) atoms. The molecule has 0 saturated carbocycles. The van der Waals surface area contributed by atoms with Crippen molar-refractivity contribution in [1.29, 1.82) is 0 Å².